The molecule has 0 saturated heterocycles. The third-order valence-corrected chi connectivity index (χ3v) is 4.63. The average molecular weight is 339 g/mol. The van der Waals surface area contributed by atoms with Crippen LogP contribution >= 0.6 is 0 Å². The Morgan fingerprint density at radius 2 is 1.80 bits per heavy atom. The van der Waals surface area contributed by atoms with Crippen LogP contribution in [0.5, 0.6) is 0 Å². The van der Waals surface area contributed by atoms with Gasteiger partial charge in [0.05, 0.1) is 5.52 Å². The molecule has 1 atom stereocenters. The molecule has 1 N–H and O–H groups in total. The molecular weight excluding hydrogens is 320 g/mol. The summed E-state index contributed by atoms with van der Waals surface area (Å²) in [6.07, 6.45) is 2.77. The van der Waals surface area contributed by atoms with Crippen LogP contribution in [0.15, 0.2) is 42.5 Å². The third kappa shape index (κ3) is 3.60. The van der Waals surface area contributed by atoms with E-state index in [0.717, 1.165) is 22.8 Å². The standard InChI is InChI=1S/C20H19F2N3/c1-12(14-6-7-14)23-20-17-4-2-3-5-18(17)24-19(25-20)10-13-8-15(21)11-16(22)9-13/h2-5,8-9,11-12,14H,6-7,10H2,1H3,(H,23,24,25). The summed E-state index contributed by atoms with van der Waals surface area (Å²) in [4.78, 5) is 9.20. The summed E-state index contributed by atoms with van der Waals surface area (Å²) in [6, 6.07) is 11.7. The lowest BCUT2D eigenvalue weighted by molar-refractivity contribution is 0.580. The smallest absolute Gasteiger partial charge is 0.137 e. The van der Waals surface area contributed by atoms with Crippen LogP contribution in [-0.2, 0) is 6.42 Å². The number of hydrogen-bond acceptors (Lipinski definition) is 3. The van der Waals surface area contributed by atoms with Gasteiger partial charge in [0.15, 0.2) is 0 Å². The summed E-state index contributed by atoms with van der Waals surface area (Å²) in [6.45, 7) is 2.16. The van der Waals surface area contributed by atoms with E-state index in [1.54, 1.807) is 0 Å². The van der Waals surface area contributed by atoms with Crippen LogP contribution < -0.4 is 5.32 Å². The van der Waals surface area contributed by atoms with Crippen LogP contribution in [0.25, 0.3) is 10.9 Å². The summed E-state index contributed by atoms with van der Waals surface area (Å²) in [5, 5.41) is 4.46. The Balaban J connectivity index is 1.70. The molecule has 1 aromatic heterocycles. The van der Waals surface area contributed by atoms with Crippen LogP contribution in [0.1, 0.15) is 31.2 Å². The Hall–Kier alpha value is -2.56. The van der Waals surface area contributed by atoms with Gasteiger partial charge >= 0.3 is 0 Å². The quantitative estimate of drug-likeness (QED) is 0.731. The van der Waals surface area contributed by atoms with Gasteiger partial charge in [0, 0.05) is 23.9 Å². The van der Waals surface area contributed by atoms with Gasteiger partial charge in [-0.25, -0.2) is 18.7 Å². The largest absolute Gasteiger partial charge is 0.367 e. The molecule has 1 heterocycles. The molecule has 3 nitrogen and oxygen atoms in total. The van der Waals surface area contributed by atoms with E-state index in [1.807, 2.05) is 24.3 Å². The predicted octanol–water partition coefficient (Wildman–Crippen LogP) is 4.71. The second-order valence-electron chi connectivity index (χ2n) is 6.73. The number of para-hydroxylation sites is 1. The van der Waals surface area contributed by atoms with E-state index in [9.17, 15) is 8.78 Å². The van der Waals surface area contributed by atoms with Crippen molar-refractivity contribution in [3.8, 4) is 0 Å². The highest BCUT2D eigenvalue weighted by molar-refractivity contribution is 5.89. The maximum atomic E-state index is 13.4. The van der Waals surface area contributed by atoms with Crippen molar-refractivity contribution in [3.63, 3.8) is 0 Å². The van der Waals surface area contributed by atoms with E-state index in [-0.39, 0.29) is 6.42 Å². The van der Waals surface area contributed by atoms with E-state index < -0.39 is 11.6 Å². The fraction of sp³-hybridized carbons (Fsp3) is 0.300. The zero-order valence-electron chi connectivity index (χ0n) is 14.0. The molecule has 4 rings (SSSR count). The molecule has 25 heavy (non-hydrogen) atoms. The molecule has 0 aliphatic heterocycles. The first-order chi connectivity index (χ1) is 12.1. The molecule has 1 saturated carbocycles. The molecule has 3 aromatic rings. The minimum Gasteiger partial charge on any atom is -0.367 e. The minimum atomic E-state index is -0.587. The number of nitrogens with zero attached hydrogens (tertiary/aromatic N) is 2. The lowest BCUT2D eigenvalue weighted by atomic mass is 10.1. The maximum absolute atomic E-state index is 13.4. The highest BCUT2D eigenvalue weighted by atomic mass is 19.1. The van der Waals surface area contributed by atoms with Crippen LogP contribution in [0, 0.1) is 17.6 Å². The highest BCUT2D eigenvalue weighted by Gasteiger charge is 2.28. The summed E-state index contributed by atoms with van der Waals surface area (Å²) < 4.78 is 26.9. The van der Waals surface area contributed by atoms with Gasteiger partial charge in [-0.2, -0.15) is 0 Å². The number of anilines is 1. The van der Waals surface area contributed by atoms with Crippen molar-refractivity contribution in [2.75, 3.05) is 5.32 Å². The summed E-state index contributed by atoms with van der Waals surface area (Å²) >= 11 is 0. The number of benzene rings is 2. The summed E-state index contributed by atoms with van der Waals surface area (Å²) in [5.74, 6) is 0.855. The minimum absolute atomic E-state index is 0.284. The number of fused-ring (bicyclic) bond motifs is 1. The van der Waals surface area contributed by atoms with Gasteiger partial charge in [-0.3, -0.25) is 0 Å². The van der Waals surface area contributed by atoms with Crippen LogP contribution in [0.3, 0.4) is 0 Å². The third-order valence-electron chi connectivity index (χ3n) is 4.63. The monoisotopic (exact) mass is 339 g/mol. The molecule has 1 aliphatic carbocycles. The van der Waals surface area contributed by atoms with Crippen molar-refractivity contribution in [2.24, 2.45) is 5.92 Å². The van der Waals surface area contributed by atoms with Crippen molar-refractivity contribution >= 4 is 16.7 Å². The first-order valence-electron chi connectivity index (χ1n) is 8.55. The molecule has 5 heteroatoms. The van der Waals surface area contributed by atoms with Gasteiger partial charge < -0.3 is 5.32 Å². The van der Waals surface area contributed by atoms with E-state index in [1.165, 1.54) is 25.0 Å². The van der Waals surface area contributed by atoms with Crippen molar-refractivity contribution < 1.29 is 8.78 Å². The molecule has 1 unspecified atom stereocenters. The molecule has 0 radical (unpaired) electrons. The van der Waals surface area contributed by atoms with Crippen molar-refractivity contribution in [2.45, 2.75) is 32.2 Å². The number of aromatic nitrogens is 2. The van der Waals surface area contributed by atoms with Gasteiger partial charge in [-0.05, 0) is 55.5 Å². The number of nitrogens with one attached hydrogen (secondary N) is 1. The molecule has 1 fully saturated rings. The fourth-order valence-electron chi connectivity index (χ4n) is 3.14. The van der Waals surface area contributed by atoms with Crippen LogP contribution in [-0.4, -0.2) is 16.0 Å². The lowest BCUT2D eigenvalue weighted by Gasteiger charge is -2.16. The van der Waals surface area contributed by atoms with E-state index in [4.69, 9.17) is 0 Å². The molecule has 128 valence electrons. The second kappa shape index (κ2) is 6.39. The second-order valence-corrected chi connectivity index (χ2v) is 6.73. The lowest BCUT2D eigenvalue weighted by Crippen LogP contribution is -2.19. The van der Waals surface area contributed by atoms with Gasteiger partial charge in [-0.15, -0.1) is 0 Å². The Labute approximate surface area is 145 Å². The Kier molecular flexibility index (Phi) is 4.07. The van der Waals surface area contributed by atoms with E-state index in [2.05, 4.69) is 22.2 Å². The van der Waals surface area contributed by atoms with Gasteiger partial charge in [0.1, 0.15) is 23.3 Å². The molecule has 1 aliphatic rings. The Morgan fingerprint density at radius 1 is 1.08 bits per heavy atom. The fourth-order valence-corrected chi connectivity index (χ4v) is 3.14. The SMILES string of the molecule is CC(Nc1nc(Cc2cc(F)cc(F)c2)nc2ccccc12)C1CC1. The highest BCUT2D eigenvalue weighted by Crippen LogP contribution is 2.34. The van der Waals surface area contributed by atoms with Gasteiger partial charge in [0.25, 0.3) is 0 Å². The number of hydrogen-bond donors (Lipinski definition) is 1. The van der Waals surface area contributed by atoms with Crippen LogP contribution in [0.2, 0.25) is 0 Å². The number of halogens is 2. The van der Waals surface area contributed by atoms with Crippen molar-refractivity contribution in [1.82, 2.24) is 9.97 Å². The first-order valence-corrected chi connectivity index (χ1v) is 8.55. The predicted molar refractivity (Wildman–Crippen MR) is 94.5 cm³/mol. The molecule has 2 aromatic carbocycles. The number of rotatable bonds is 5. The zero-order chi connectivity index (χ0) is 17.4. The van der Waals surface area contributed by atoms with Gasteiger partial charge in [-0.1, -0.05) is 12.1 Å². The molecule has 0 spiro atoms. The topological polar surface area (TPSA) is 37.8 Å². The van der Waals surface area contributed by atoms with Crippen molar-refractivity contribution in [3.05, 3.63) is 65.5 Å². The molecular formula is C20H19F2N3. The normalized spacial score (nSPS) is 15.3. The van der Waals surface area contributed by atoms with Crippen LogP contribution in [0.4, 0.5) is 14.6 Å². The zero-order valence-corrected chi connectivity index (χ0v) is 14.0. The Bertz CT molecular complexity index is 902. The van der Waals surface area contributed by atoms with E-state index >= 15 is 0 Å². The Morgan fingerprint density at radius 3 is 2.52 bits per heavy atom. The summed E-state index contributed by atoms with van der Waals surface area (Å²) in [7, 11) is 0. The van der Waals surface area contributed by atoms with Crippen molar-refractivity contribution in [1.29, 1.82) is 0 Å². The first kappa shape index (κ1) is 15.9. The molecule has 0 bridgehead atoms. The maximum Gasteiger partial charge on any atom is 0.137 e. The average Bonchev–Trinajstić information content (AvgIpc) is 3.39. The van der Waals surface area contributed by atoms with E-state index in [0.29, 0.717) is 23.3 Å². The summed E-state index contributed by atoms with van der Waals surface area (Å²) in [5.41, 5.74) is 1.35. The molecule has 0 amide bonds. The van der Waals surface area contributed by atoms with Gasteiger partial charge in [0.2, 0.25) is 0 Å².